The third kappa shape index (κ3) is 5.89. The van der Waals surface area contributed by atoms with E-state index in [1.807, 2.05) is 0 Å². The molecule has 0 N–H and O–H groups in total. The van der Waals surface area contributed by atoms with Crippen molar-refractivity contribution < 1.29 is 4.42 Å². The maximum absolute atomic E-state index is 6.81. The first-order chi connectivity index (χ1) is 27.3. The van der Waals surface area contributed by atoms with Gasteiger partial charge in [0.2, 0.25) is 0 Å². The average molecular weight is 705 g/mol. The van der Waals surface area contributed by atoms with Gasteiger partial charge in [0, 0.05) is 39.5 Å². The van der Waals surface area contributed by atoms with Crippen LogP contribution in [0.1, 0.15) is 0 Å². The SMILES string of the molecule is c1ccc(-c2cccc(N(c3ccccc3)c3cc4oc5ccc6ccccc6c5c4cc3N(c3ccccc3)c3ccccc3-c3ccccc3)c2)cc1. The van der Waals surface area contributed by atoms with Gasteiger partial charge in [-0.25, -0.2) is 0 Å². The topological polar surface area (TPSA) is 19.6 Å². The number of anilines is 6. The molecule has 0 unspecified atom stereocenters. The molecule has 1 heterocycles. The van der Waals surface area contributed by atoms with E-state index < -0.39 is 0 Å². The molecule has 10 aromatic rings. The predicted octanol–water partition coefficient (Wildman–Crippen LogP) is 15.0. The third-order valence-electron chi connectivity index (χ3n) is 10.4. The van der Waals surface area contributed by atoms with E-state index in [2.05, 4.69) is 228 Å². The van der Waals surface area contributed by atoms with Gasteiger partial charge in [-0.15, -0.1) is 0 Å². The Balaban J connectivity index is 1.33. The van der Waals surface area contributed by atoms with Crippen LogP contribution in [0.3, 0.4) is 0 Å². The molecule has 0 fully saturated rings. The van der Waals surface area contributed by atoms with Gasteiger partial charge in [-0.05, 0) is 82.1 Å². The number of hydrogen-bond acceptors (Lipinski definition) is 3. The van der Waals surface area contributed by atoms with E-state index in [0.29, 0.717) is 0 Å². The normalized spacial score (nSPS) is 11.3. The van der Waals surface area contributed by atoms with E-state index in [1.54, 1.807) is 0 Å². The molecule has 10 rings (SSSR count). The van der Waals surface area contributed by atoms with Crippen molar-refractivity contribution in [2.24, 2.45) is 0 Å². The zero-order valence-electron chi connectivity index (χ0n) is 30.1. The van der Waals surface area contributed by atoms with Crippen molar-refractivity contribution in [3.8, 4) is 22.3 Å². The fourth-order valence-electron chi connectivity index (χ4n) is 7.90. The summed E-state index contributed by atoms with van der Waals surface area (Å²) in [5, 5.41) is 4.53. The highest BCUT2D eigenvalue weighted by atomic mass is 16.3. The minimum atomic E-state index is 0.828. The van der Waals surface area contributed by atoms with Crippen molar-refractivity contribution in [1.29, 1.82) is 0 Å². The number of fused-ring (bicyclic) bond motifs is 5. The first kappa shape index (κ1) is 32.3. The molecule has 0 spiro atoms. The molecule has 1 aromatic heterocycles. The molecule has 0 amide bonds. The standard InChI is InChI=1S/C52H36N2O/c1-5-18-37(19-6-1)40-23-17-28-43(34-40)53(41-24-9-3-10-25-41)49-36-51-46(52-45-30-14-13-22-39(45)32-33-50(52)55-51)35-48(49)54(42-26-11-4-12-27-42)47-31-16-15-29-44(47)38-20-7-2-8-21-38/h1-36H. The lowest BCUT2D eigenvalue weighted by Gasteiger charge is -2.34. The van der Waals surface area contributed by atoms with Crippen LogP contribution >= 0.6 is 0 Å². The van der Waals surface area contributed by atoms with Crippen molar-refractivity contribution in [3.05, 3.63) is 218 Å². The lowest BCUT2D eigenvalue weighted by atomic mass is 9.99. The molecule has 55 heavy (non-hydrogen) atoms. The number of nitrogens with zero attached hydrogens (tertiary/aromatic N) is 2. The molecule has 9 aromatic carbocycles. The van der Waals surface area contributed by atoms with Crippen molar-refractivity contribution in [3.63, 3.8) is 0 Å². The molecule has 0 aliphatic rings. The van der Waals surface area contributed by atoms with E-state index >= 15 is 0 Å². The second-order valence-corrected chi connectivity index (χ2v) is 13.7. The minimum absolute atomic E-state index is 0.828. The second kappa shape index (κ2) is 13.9. The highest BCUT2D eigenvalue weighted by Gasteiger charge is 2.27. The van der Waals surface area contributed by atoms with Gasteiger partial charge in [0.05, 0.1) is 17.1 Å². The largest absolute Gasteiger partial charge is 0.456 e. The van der Waals surface area contributed by atoms with Gasteiger partial charge >= 0.3 is 0 Å². The van der Waals surface area contributed by atoms with Crippen molar-refractivity contribution in [1.82, 2.24) is 0 Å². The van der Waals surface area contributed by atoms with Crippen LogP contribution in [-0.2, 0) is 0 Å². The van der Waals surface area contributed by atoms with Crippen LogP contribution in [0, 0.1) is 0 Å². The van der Waals surface area contributed by atoms with Crippen LogP contribution < -0.4 is 9.80 Å². The summed E-state index contributed by atoms with van der Waals surface area (Å²) in [5.74, 6) is 0. The summed E-state index contributed by atoms with van der Waals surface area (Å²) in [4.78, 5) is 4.78. The number of furan rings is 1. The van der Waals surface area contributed by atoms with Gasteiger partial charge in [0.1, 0.15) is 11.2 Å². The molecular formula is C52H36N2O. The number of rotatable bonds is 8. The lowest BCUT2D eigenvalue weighted by Crippen LogP contribution is -2.17. The van der Waals surface area contributed by atoms with Crippen molar-refractivity contribution in [2.75, 3.05) is 9.80 Å². The Morgan fingerprint density at radius 2 is 0.873 bits per heavy atom. The van der Waals surface area contributed by atoms with Gasteiger partial charge in [0.15, 0.2) is 0 Å². The fraction of sp³-hybridized carbons (Fsp3) is 0. The van der Waals surface area contributed by atoms with E-state index in [9.17, 15) is 0 Å². The maximum Gasteiger partial charge on any atom is 0.137 e. The Hall–Kier alpha value is -7.36. The lowest BCUT2D eigenvalue weighted by molar-refractivity contribution is 0.669. The number of hydrogen-bond donors (Lipinski definition) is 0. The van der Waals surface area contributed by atoms with E-state index in [4.69, 9.17) is 4.42 Å². The highest BCUT2D eigenvalue weighted by Crippen LogP contribution is 2.51. The molecule has 0 bridgehead atoms. The summed E-state index contributed by atoms with van der Waals surface area (Å²) in [6.07, 6.45) is 0. The maximum atomic E-state index is 6.81. The smallest absolute Gasteiger partial charge is 0.137 e. The predicted molar refractivity (Wildman–Crippen MR) is 231 cm³/mol. The van der Waals surface area contributed by atoms with Gasteiger partial charge in [-0.2, -0.15) is 0 Å². The molecular weight excluding hydrogens is 669 g/mol. The van der Waals surface area contributed by atoms with Crippen LogP contribution in [0.25, 0.3) is 55.0 Å². The third-order valence-corrected chi connectivity index (χ3v) is 10.4. The highest BCUT2D eigenvalue weighted by molar-refractivity contribution is 6.20. The monoisotopic (exact) mass is 704 g/mol. The molecule has 260 valence electrons. The van der Waals surface area contributed by atoms with Crippen LogP contribution in [0.5, 0.6) is 0 Å². The molecule has 0 radical (unpaired) electrons. The number of benzene rings is 9. The summed E-state index contributed by atoms with van der Waals surface area (Å²) in [6, 6.07) is 77.5. The molecule has 0 saturated carbocycles. The average Bonchev–Trinajstić information content (AvgIpc) is 3.64. The molecule has 0 atom stereocenters. The Bertz CT molecular complexity index is 2920. The van der Waals surface area contributed by atoms with E-state index in [0.717, 1.165) is 72.8 Å². The van der Waals surface area contributed by atoms with Crippen LogP contribution in [0.2, 0.25) is 0 Å². The first-order valence-electron chi connectivity index (χ1n) is 18.7. The van der Waals surface area contributed by atoms with Gasteiger partial charge < -0.3 is 14.2 Å². The van der Waals surface area contributed by atoms with Crippen molar-refractivity contribution >= 4 is 66.8 Å². The van der Waals surface area contributed by atoms with Gasteiger partial charge in [-0.3, -0.25) is 0 Å². The first-order valence-corrected chi connectivity index (χ1v) is 18.7. The van der Waals surface area contributed by atoms with Crippen LogP contribution in [0.15, 0.2) is 223 Å². The Kier molecular flexibility index (Phi) is 8.16. The zero-order chi connectivity index (χ0) is 36.6. The molecule has 3 nitrogen and oxygen atoms in total. The van der Waals surface area contributed by atoms with Crippen LogP contribution in [-0.4, -0.2) is 0 Å². The summed E-state index contributed by atoms with van der Waals surface area (Å²) in [5.41, 5.74) is 12.5. The summed E-state index contributed by atoms with van der Waals surface area (Å²) in [7, 11) is 0. The zero-order valence-corrected chi connectivity index (χ0v) is 30.1. The summed E-state index contributed by atoms with van der Waals surface area (Å²) < 4.78 is 6.81. The Morgan fingerprint density at radius 3 is 1.62 bits per heavy atom. The van der Waals surface area contributed by atoms with Crippen molar-refractivity contribution in [2.45, 2.75) is 0 Å². The second-order valence-electron chi connectivity index (χ2n) is 13.7. The quantitative estimate of drug-likeness (QED) is 0.157. The van der Waals surface area contributed by atoms with E-state index in [1.165, 1.54) is 16.3 Å². The van der Waals surface area contributed by atoms with E-state index in [-0.39, 0.29) is 0 Å². The minimum Gasteiger partial charge on any atom is -0.456 e. The van der Waals surface area contributed by atoms with Gasteiger partial charge in [-0.1, -0.05) is 158 Å². The summed E-state index contributed by atoms with van der Waals surface area (Å²) in [6.45, 7) is 0. The Morgan fingerprint density at radius 1 is 0.309 bits per heavy atom. The summed E-state index contributed by atoms with van der Waals surface area (Å²) >= 11 is 0. The molecule has 0 saturated heterocycles. The fourth-order valence-corrected chi connectivity index (χ4v) is 7.90. The number of para-hydroxylation sites is 3. The van der Waals surface area contributed by atoms with Crippen LogP contribution in [0.4, 0.5) is 34.1 Å². The Labute approximate surface area is 320 Å². The molecule has 3 heteroatoms. The van der Waals surface area contributed by atoms with Gasteiger partial charge in [0.25, 0.3) is 0 Å². The molecule has 0 aliphatic heterocycles. The molecule has 0 aliphatic carbocycles.